The Balaban J connectivity index is 1.12. The van der Waals surface area contributed by atoms with Gasteiger partial charge in [0.15, 0.2) is 0 Å². The van der Waals surface area contributed by atoms with Gasteiger partial charge >= 0.3 is 11.9 Å². The molecule has 0 spiro atoms. The average molecular weight is 1250 g/mol. The number of carboxylic acid groups (broad SMARTS) is 2. The van der Waals surface area contributed by atoms with E-state index < -0.39 is 83.0 Å². The van der Waals surface area contributed by atoms with Crippen molar-refractivity contribution in [1.29, 1.82) is 0 Å². The van der Waals surface area contributed by atoms with Crippen molar-refractivity contribution in [3.63, 3.8) is 0 Å². The molecule has 6 amide bonds. The van der Waals surface area contributed by atoms with E-state index in [-0.39, 0.29) is 88.5 Å². The molecule has 7 aromatic heterocycles. The van der Waals surface area contributed by atoms with Crippen LogP contribution in [0.3, 0.4) is 0 Å². The molecular formula is C53H45N13O12S6. The van der Waals surface area contributed by atoms with Crippen molar-refractivity contribution in [3.05, 3.63) is 143 Å². The van der Waals surface area contributed by atoms with Gasteiger partial charge in [-0.15, -0.1) is 56.7 Å². The van der Waals surface area contributed by atoms with Gasteiger partial charge in [-0.1, -0.05) is 49.2 Å². The number of hydrogen-bond donors (Lipinski definition) is 10. The van der Waals surface area contributed by atoms with E-state index in [0.717, 1.165) is 84.9 Å². The Morgan fingerprint density at radius 1 is 0.762 bits per heavy atom. The number of rotatable bonds is 13. The number of carbonyl (C=O) groups excluding carboxylic acids is 7. The molecule has 8 heterocycles. The second kappa shape index (κ2) is 25.7. The van der Waals surface area contributed by atoms with E-state index in [2.05, 4.69) is 64.7 Å². The molecular weight excluding hydrogens is 1200 g/mol. The fraction of sp³-hybridized carbons (Fsp3) is 0.189. The largest absolute Gasteiger partial charge is 0.481 e. The van der Waals surface area contributed by atoms with Crippen molar-refractivity contribution in [1.82, 2.24) is 66.8 Å². The number of amides is 6. The first kappa shape index (κ1) is 59.6. The van der Waals surface area contributed by atoms with Crippen molar-refractivity contribution >= 4 is 138 Å². The maximum absolute atomic E-state index is 14.4. The number of thioether (sulfide) groups is 1. The van der Waals surface area contributed by atoms with E-state index in [4.69, 9.17) is 15.1 Å². The summed E-state index contributed by atoms with van der Waals surface area (Å²) in [6, 6.07) is 7.10. The van der Waals surface area contributed by atoms with Gasteiger partial charge in [-0.25, -0.2) is 34.7 Å². The summed E-state index contributed by atoms with van der Waals surface area (Å²) in [7, 11) is 0. The maximum Gasteiger partial charge on any atom is 0.351 e. The van der Waals surface area contributed by atoms with Crippen molar-refractivity contribution in [2.45, 2.75) is 57.8 Å². The number of allylic oxidation sites excluding steroid dienone is 1. The zero-order valence-electron chi connectivity index (χ0n) is 43.9. The molecule has 1 aliphatic heterocycles. The average Bonchev–Trinajstić information content (AvgIpc) is 2.68. The number of fused-ring (bicyclic) bond motifs is 12. The first-order valence-electron chi connectivity index (χ1n) is 24.7. The SMILES string of the molecule is C=C(NC(=O)C(=C)NC(=O)c1csc(-c2ccc3c(n2)-c2csc(n2)[C@H](CSC(=O)c2[nH]c4ccccc4c2C)NC(=O)c2csc(n2)[C@H](CCC(=O)O)NC(=O)c2cnc(s2)/C(=C/C)NC(=O)[C@H]([C@@H](C)O)NC(=O)c2csc-3n2)n1)C(=O)O. The summed E-state index contributed by atoms with van der Waals surface area (Å²) in [5.41, 5.74) is 1.38. The molecule has 0 saturated carbocycles. The molecule has 1 aliphatic rings. The lowest BCUT2D eigenvalue weighted by molar-refractivity contribution is -0.137. The Morgan fingerprint density at radius 3 is 2.17 bits per heavy atom. The number of hydrogen-bond acceptors (Lipinski definition) is 22. The first-order valence-corrected chi connectivity index (χ1v) is 30.1. The summed E-state index contributed by atoms with van der Waals surface area (Å²) < 4.78 is 0. The van der Waals surface area contributed by atoms with Gasteiger partial charge in [0.05, 0.1) is 47.2 Å². The highest BCUT2D eigenvalue weighted by molar-refractivity contribution is 8.14. The molecule has 0 fully saturated rings. The Labute approximate surface area is 498 Å². The van der Waals surface area contributed by atoms with E-state index in [1.165, 1.54) is 35.3 Å². The molecule has 0 aliphatic carbocycles. The molecule has 84 heavy (non-hydrogen) atoms. The monoisotopic (exact) mass is 1250 g/mol. The van der Waals surface area contributed by atoms with Crippen LogP contribution in [0.15, 0.2) is 94.7 Å². The fourth-order valence-electron chi connectivity index (χ4n) is 8.04. The van der Waals surface area contributed by atoms with Crippen LogP contribution in [0.2, 0.25) is 0 Å². The Morgan fingerprint density at radius 2 is 1.44 bits per heavy atom. The van der Waals surface area contributed by atoms with Crippen LogP contribution in [0.1, 0.15) is 111 Å². The molecule has 4 atom stereocenters. The van der Waals surface area contributed by atoms with Crippen LogP contribution in [-0.4, -0.2) is 121 Å². The quantitative estimate of drug-likeness (QED) is 0.0553. The zero-order chi connectivity index (χ0) is 60.1. The lowest BCUT2D eigenvalue weighted by atomic mass is 10.1. The summed E-state index contributed by atoms with van der Waals surface area (Å²) in [4.78, 5) is 150. The Hall–Kier alpha value is -8.98. The van der Waals surface area contributed by atoms with Gasteiger partial charge in [0.25, 0.3) is 29.5 Å². The number of aromatic nitrogens is 7. The standard InChI is InChI=1S/C53H45N13O12S6/c1-6-27-48-54-15-36(84-48)45(74)60-30(13-14-37(68)69)50-65-33(19-82-50)43(72)61-35(20-83-53(78)38-21(2)25-9-7-8-10-28(25)57-38)51-62-31(16-80-51)40-26(47-63-34(17-79-47)44(73)66-39(24(5)67)46(75)59-27)11-12-29(58-40)49-64-32(18-81-49)42(71)55-22(3)41(70)56-23(4)52(76)77/h6-12,15-19,24,30,35,39,57,67H,3-4,13-14,20H2,1-2,5H3,(H,55,71)(H,56,70)(H,59,75)(H,60,74)(H,61,72)(H,66,73)(H,68,69)(H,76,77)/b27-6-/t24-,30+,35+,39+/m1/s1. The number of carbonyl (C=O) groups is 9. The summed E-state index contributed by atoms with van der Waals surface area (Å²) in [6.45, 7) is 11.5. The van der Waals surface area contributed by atoms with Gasteiger partial charge in [0.2, 0.25) is 11.0 Å². The van der Waals surface area contributed by atoms with Gasteiger partial charge < -0.3 is 52.2 Å². The van der Waals surface area contributed by atoms with E-state index in [1.54, 1.807) is 24.4 Å². The second-order valence-electron chi connectivity index (χ2n) is 18.1. The highest BCUT2D eigenvalue weighted by Crippen LogP contribution is 2.38. The number of para-hydroxylation sites is 1. The van der Waals surface area contributed by atoms with Crippen LogP contribution in [0.25, 0.3) is 49.3 Å². The number of H-pyrrole nitrogens is 1. The minimum Gasteiger partial charge on any atom is -0.481 e. The number of aliphatic carboxylic acids is 2. The molecule has 430 valence electrons. The maximum atomic E-state index is 14.4. The smallest absolute Gasteiger partial charge is 0.351 e. The molecule has 0 unspecified atom stereocenters. The molecule has 0 saturated heterocycles. The molecule has 8 aromatic rings. The predicted molar refractivity (Wildman–Crippen MR) is 315 cm³/mol. The van der Waals surface area contributed by atoms with Crippen molar-refractivity contribution < 1.29 is 58.5 Å². The molecule has 1 aromatic carbocycles. The number of aromatic amines is 1. The summed E-state index contributed by atoms with van der Waals surface area (Å²) in [5.74, 6) is -7.63. The van der Waals surface area contributed by atoms with Crippen molar-refractivity contribution in [2.75, 3.05) is 5.75 Å². The number of thiazole rings is 5. The van der Waals surface area contributed by atoms with Gasteiger partial charge in [-0.3, -0.25) is 38.4 Å². The highest BCUT2D eigenvalue weighted by atomic mass is 32.2. The number of carboxylic acids is 2. The molecule has 10 N–H and O–H groups in total. The molecule has 0 radical (unpaired) electrons. The van der Waals surface area contributed by atoms with Gasteiger partial charge in [0, 0.05) is 50.2 Å². The number of benzene rings is 1. The zero-order valence-corrected chi connectivity index (χ0v) is 48.8. The van der Waals surface area contributed by atoms with E-state index in [1.807, 2.05) is 36.5 Å². The first-order chi connectivity index (χ1) is 40.1. The number of aryl methyl sites for hydroxylation is 1. The summed E-state index contributed by atoms with van der Waals surface area (Å²) >= 11 is 5.97. The van der Waals surface area contributed by atoms with Gasteiger partial charge in [0.1, 0.15) is 70.1 Å². The summed E-state index contributed by atoms with van der Waals surface area (Å²) in [6.07, 6.45) is 0.818. The molecule has 25 nitrogen and oxygen atoms in total. The van der Waals surface area contributed by atoms with E-state index in [9.17, 15) is 53.4 Å². The third kappa shape index (κ3) is 13.4. The number of nitrogens with one attached hydrogen (secondary N) is 7. The third-order valence-electron chi connectivity index (χ3n) is 12.4. The molecule has 8 bridgehead atoms. The van der Waals surface area contributed by atoms with Crippen LogP contribution >= 0.6 is 68.4 Å². The lowest BCUT2D eigenvalue weighted by Gasteiger charge is -2.21. The van der Waals surface area contributed by atoms with Crippen molar-refractivity contribution in [3.8, 4) is 32.7 Å². The summed E-state index contributed by atoms with van der Waals surface area (Å²) in [5, 5.41) is 52.5. The van der Waals surface area contributed by atoms with Crippen LogP contribution < -0.4 is 31.9 Å². The topological polar surface area (TPSA) is 380 Å². The van der Waals surface area contributed by atoms with Gasteiger partial charge in [-0.05, 0) is 51.0 Å². The number of aliphatic hydroxyl groups excluding tert-OH is 1. The minimum absolute atomic E-state index is 0.0600. The third-order valence-corrected chi connectivity index (χ3v) is 18.0. The fourth-order valence-corrected chi connectivity index (χ4v) is 13.2. The van der Waals surface area contributed by atoms with Crippen LogP contribution in [0.5, 0.6) is 0 Å². The highest BCUT2D eigenvalue weighted by Gasteiger charge is 2.32. The van der Waals surface area contributed by atoms with Crippen LogP contribution in [0, 0.1) is 6.92 Å². The Bertz CT molecular complexity index is 4040. The minimum atomic E-state index is -1.53. The normalized spacial score (nSPS) is 16.6. The lowest BCUT2D eigenvalue weighted by Crippen LogP contribution is -2.52. The number of nitrogens with zero attached hydrogens (tertiary/aromatic N) is 6. The molecule has 31 heteroatoms. The van der Waals surface area contributed by atoms with Crippen LogP contribution in [-0.2, 0) is 19.2 Å². The number of pyridine rings is 1. The van der Waals surface area contributed by atoms with E-state index >= 15 is 0 Å². The van der Waals surface area contributed by atoms with Crippen molar-refractivity contribution in [2.24, 2.45) is 0 Å². The van der Waals surface area contributed by atoms with E-state index in [0.29, 0.717) is 16.3 Å². The Kier molecular flexibility index (Phi) is 18.2. The molecule has 9 rings (SSSR count). The van der Waals surface area contributed by atoms with Gasteiger partial charge in [-0.2, -0.15) is 0 Å². The predicted octanol–water partition coefficient (Wildman–Crippen LogP) is 6.46. The second-order valence-corrected chi connectivity index (χ2v) is 23.7. The van der Waals surface area contributed by atoms with Crippen LogP contribution in [0.4, 0.5) is 0 Å². The number of aliphatic hydroxyl groups is 1.